The van der Waals surface area contributed by atoms with Gasteiger partial charge in [-0.25, -0.2) is 0 Å². The van der Waals surface area contributed by atoms with Crippen molar-refractivity contribution in [1.29, 1.82) is 0 Å². The van der Waals surface area contributed by atoms with Gasteiger partial charge >= 0.3 is 5.97 Å². The lowest BCUT2D eigenvalue weighted by molar-refractivity contribution is -0.149. The van der Waals surface area contributed by atoms with Crippen LogP contribution in [0.3, 0.4) is 0 Å². The lowest BCUT2D eigenvalue weighted by atomic mass is 9.96. The first-order valence-corrected chi connectivity index (χ1v) is 9.36. The molecule has 1 atom stereocenters. The fraction of sp³-hybridized carbons (Fsp3) is 0.600. The second-order valence-electron chi connectivity index (χ2n) is 6.63. The van der Waals surface area contributed by atoms with E-state index in [4.69, 9.17) is 9.47 Å². The molecule has 1 heterocycles. The maximum atomic E-state index is 12.4. The van der Waals surface area contributed by atoms with Crippen molar-refractivity contribution in [1.82, 2.24) is 10.2 Å². The maximum absolute atomic E-state index is 12.4. The molecule has 26 heavy (non-hydrogen) atoms. The zero-order valence-electron chi connectivity index (χ0n) is 16.0. The van der Waals surface area contributed by atoms with Gasteiger partial charge in [0.1, 0.15) is 5.75 Å². The second kappa shape index (κ2) is 10.2. The Morgan fingerprint density at radius 3 is 2.46 bits per heavy atom. The predicted molar refractivity (Wildman–Crippen MR) is 100 cm³/mol. The Morgan fingerprint density at radius 1 is 1.23 bits per heavy atom. The number of rotatable bonds is 8. The highest BCUT2D eigenvalue weighted by atomic mass is 16.5. The van der Waals surface area contributed by atoms with Gasteiger partial charge in [0.15, 0.2) is 0 Å². The van der Waals surface area contributed by atoms with Crippen LogP contribution in [-0.4, -0.2) is 56.2 Å². The first kappa shape index (κ1) is 20.2. The molecule has 1 fully saturated rings. The number of nitrogens with one attached hydrogen (secondary N) is 1. The number of hydrogen-bond acceptors (Lipinski definition) is 5. The van der Waals surface area contributed by atoms with Crippen LogP contribution >= 0.6 is 0 Å². The minimum Gasteiger partial charge on any atom is -0.497 e. The van der Waals surface area contributed by atoms with Crippen molar-refractivity contribution in [2.75, 3.05) is 33.4 Å². The summed E-state index contributed by atoms with van der Waals surface area (Å²) in [5, 5.41) is 3.01. The summed E-state index contributed by atoms with van der Waals surface area (Å²) in [6.45, 7) is 6.27. The summed E-state index contributed by atoms with van der Waals surface area (Å²) in [4.78, 5) is 26.3. The number of benzene rings is 1. The fourth-order valence-electron chi connectivity index (χ4n) is 3.22. The van der Waals surface area contributed by atoms with Crippen molar-refractivity contribution in [3.8, 4) is 5.75 Å². The minimum atomic E-state index is -0.186. The van der Waals surface area contributed by atoms with Crippen LogP contribution < -0.4 is 10.1 Å². The normalized spacial score (nSPS) is 16.7. The molecule has 144 valence electrons. The largest absolute Gasteiger partial charge is 0.497 e. The molecule has 6 nitrogen and oxygen atoms in total. The molecule has 0 radical (unpaired) electrons. The first-order valence-electron chi connectivity index (χ1n) is 9.36. The van der Waals surface area contributed by atoms with Crippen LogP contribution in [0.15, 0.2) is 24.3 Å². The number of piperidine rings is 1. The van der Waals surface area contributed by atoms with Crippen LogP contribution in [0.4, 0.5) is 0 Å². The zero-order chi connectivity index (χ0) is 18.9. The fourth-order valence-corrected chi connectivity index (χ4v) is 3.22. The number of methoxy groups -OCH3 is 1. The van der Waals surface area contributed by atoms with E-state index in [2.05, 4.69) is 10.2 Å². The molecule has 0 aliphatic carbocycles. The van der Waals surface area contributed by atoms with Crippen molar-refractivity contribution in [3.05, 3.63) is 29.8 Å². The average Bonchev–Trinajstić information content (AvgIpc) is 2.68. The maximum Gasteiger partial charge on any atom is 0.309 e. The second-order valence-corrected chi connectivity index (χ2v) is 6.63. The SMILES string of the molecule is CCOC(=O)C1CCN(C(C)C(=O)NCCc2ccc(OC)cc2)CC1. The predicted octanol–water partition coefficient (Wildman–Crippen LogP) is 2.02. The highest BCUT2D eigenvalue weighted by Crippen LogP contribution is 2.20. The van der Waals surface area contributed by atoms with Gasteiger partial charge in [0, 0.05) is 6.54 Å². The van der Waals surface area contributed by atoms with E-state index < -0.39 is 0 Å². The van der Waals surface area contributed by atoms with Crippen LogP contribution in [-0.2, 0) is 20.7 Å². The van der Waals surface area contributed by atoms with Gasteiger partial charge in [-0.1, -0.05) is 12.1 Å². The quantitative estimate of drug-likeness (QED) is 0.717. The number of esters is 1. The number of ether oxygens (including phenoxy) is 2. The van der Waals surface area contributed by atoms with E-state index in [1.807, 2.05) is 38.1 Å². The van der Waals surface area contributed by atoms with Crippen molar-refractivity contribution in [3.63, 3.8) is 0 Å². The van der Waals surface area contributed by atoms with Crippen LogP contribution in [0.25, 0.3) is 0 Å². The molecule has 1 aliphatic heterocycles. The molecule has 1 aliphatic rings. The van der Waals surface area contributed by atoms with Gasteiger partial charge in [0.25, 0.3) is 0 Å². The molecule has 1 saturated heterocycles. The van der Waals surface area contributed by atoms with Gasteiger partial charge < -0.3 is 14.8 Å². The van der Waals surface area contributed by atoms with Gasteiger partial charge in [-0.2, -0.15) is 0 Å². The number of likely N-dealkylation sites (tertiary alicyclic amines) is 1. The first-order chi connectivity index (χ1) is 12.5. The molecule has 1 N–H and O–H groups in total. The molecular weight excluding hydrogens is 332 g/mol. The standard InChI is InChI=1S/C20H30N2O4/c1-4-26-20(24)17-10-13-22(14-11-17)15(2)19(23)21-12-9-16-5-7-18(25-3)8-6-16/h5-8,15,17H,4,9-14H2,1-3H3,(H,21,23). The van der Waals surface area contributed by atoms with Crippen LogP contribution in [0.1, 0.15) is 32.3 Å². The van der Waals surface area contributed by atoms with Gasteiger partial charge in [-0.05, 0) is 63.9 Å². The lowest BCUT2D eigenvalue weighted by Crippen LogP contribution is -2.49. The highest BCUT2D eigenvalue weighted by molar-refractivity contribution is 5.81. The molecule has 1 aromatic rings. The molecule has 1 amide bonds. The van der Waals surface area contributed by atoms with Crippen molar-refractivity contribution in [2.45, 2.75) is 39.2 Å². The summed E-state index contributed by atoms with van der Waals surface area (Å²) >= 11 is 0. The number of nitrogens with zero attached hydrogens (tertiary/aromatic N) is 1. The molecule has 0 saturated carbocycles. The third-order valence-electron chi connectivity index (χ3n) is 4.95. The molecule has 1 unspecified atom stereocenters. The molecule has 0 bridgehead atoms. The Labute approximate surface area is 155 Å². The lowest BCUT2D eigenvalue weighted by Gasteiger charge is -2.34. The van der Waals surface area contributed by atoms with Crippen LogP contribution in [0.5, 0.6) is 5.75 Å². The summed E-state index contributed by atoms with van der Waals surface area (Å²) in [6, 6.07) is 7.68. The van der Waals surface area contributed by atoms with Gasteiger partial charge in [0.2, 0.25) is 5.91 Å². The zero-order valence-corrected chi connectivity index (χ0v) is 16.0. The molecule has 1 aromatic carbocycles. The topological polar surface area (TPSA) is 67.9 Å². The molecule has 0 aromatic heterocycles. The number of hydrogen-bond donors (Lipinski definition) is 1. The summed E-state index contributed by atoms with van der Waals surface area (Å²) in [5.41, 5.74) is 1.16. The Balaban J connectivity index is 1.71. The molecule has 0 spiro atoms. The summed E-state index contributed by atoms with van der Waals surface area (Å²) < 4.78 is 10.2. The summed E-state index contributed by atoms with van der Waals surface area (Å²) in [5.74, 6) is 0.728. The number of amides is 1. The molecular formula is C20H30N2O4. The third-order valence-corrected chi connectivity index (χ3v) is 4.95. The highest BCUT2D eigenvalue weighted by Gasteiger charge is 2.30. The molecule has 6 heteroatoms. The average molecular weight is 362 g/mol. The van der Waals surface area contributed by atoms with Gasteiger partial charge in [0.05, 0.1) is 25.7 Å². The van der Waals surface area contributed by atoms with E-state index in [0.29, 0.717) is 13.2 Å². The van der Waals surface area contributed by atoms with Crippen molar-refractivity contribution >= 4 is 11.9 Å². The number of carbonyl (C=O) groups excluding carboxylic acids is 2. The van der Waals surface area contributed by atoms with E-state index in [1.165, 1.54) is 0 Å². The monoisotopic (exact) mass is 362 g/mol. The smallest absolute Gasteiger partial charge is 0.309 e. The van der Waals surface area contributed by atoms with Crippen molar-refractivity contribution in [2.24, 2.45) is 5.92 Å². The van der Waals surface area contributed by atoms with Crippen molar-refractivity contribution < 1.29 is 19.1 Å². The van der Waals surface area contributed by atoms with E-state index >= 15 is 0 Å². The van der Waals surface area contributed by atoms with Crippen LogP contribution in [0.2, 0.25) is 0 Å². The van der Waals surface area contributed by atoms with Gasteiger partial charge in [-0.3, -0.25) is 14.5 Å². The molecule has 2 rings (SSSR count). The Bertz CT molecular complexity index is 580. The summed E-state index contributed by atoms with van der Waals surface area (Å²) in [7, 11) is 1.64. The Hall–Kier alpha value is -2.08. The van der Waals surface area contributed by atoms with E-state index in [1.54, 1.807) is 7.11 Å². The minimum absolute atomic E-state index is 0.0310. The third kappa shape index (κ3) is 5.73. The Morgan fingerprint density at radius 2 is 1.88 bits per heavy atom. The van der Waals surface area contributed by atoms with E-state index in [9.17, 15) is 9.59 Å². The van der Waals surface area contributed by atoms with E-state index in [-0.39, 0.29) is 23.8 Å². The number of carbonyl (C=O) groups is 2. The van der Waals surface area contributed by atoms with E-state index in [0.717, 1.165) is 43.7 Å². The Kier molecular flexibility index (Phi) is 7.91. The van der Waals surface area contributed by atoms with Crippen LogP contribution in [0, 0.1) is 5.92 Å². The van der Waals surface area contributed by atoms with Gasteiger partial charge in [-0.15, -0.1) is 0 Å². The summed E-state index contributed by atoms with van der Waals surface area (Å²) in [6.07, 6.45) is 2.29.